The molecule has 0 saturated carbocycles. The van der Waals surface area contributed by atoms with Crippen LogP contribution in [-0.4, -0.2) is 86.0 Å². The fourth-order valence-corrected chi connectivity index (χ4v) is 5.75. The Kier molecular flexibility index (Phi) is 9.67. The number of hydrogen-bond acceptors (Lipinski definition) is 5. The van der Waals surface area contributed by atoms with Gasteiger partial charge in [0, 0.05) is 62.1 Å². The summed E-state index contributed by atoms with van der Waals surface area (Å²) in [5, 5.41) is 0. The van der Waals surface area contributed by atoms with Crippen LogP contribution in [0.25, 0.3) is 0 Å². The molecule has 1 amide bonds. The van der Waals surface area contributed by atoms with E-state index < -0.39 is 11.8 Å². The van der Waals surface area contributed by atoms with Gasteiger partial charge in [-0.3, -0.25) is 19.3 Å². The third-order valence-electron chi connectivity index (χ3n) is 8.24. The van der Waals surface area contributed by atoms with Crippen molar-refractivity contribution in [1.82, 2.24) is 14.7 Å². The van der Waals surface area contributed by atoms with Crippen LogP contribution in [0.2, 0.25) is 0 Å². The van der Waals surface area contributed by atoms with Gasteiger partial charge >= 0.3 is 0 Å². The maximum atomic E-state index is 14.2. The largest absolute Gasteiger partial charge is 0.343 e. The number of rotatable bonds is 10. The third kappa shape index (κ3) is 6.75. The standard InChI is InChI=1S/C34H41N3O3/c1-24-13-12-18-28(25(24)2)32-29(33(39)26-14-8-6-9-15-26)21-37(23-31(38)36(5)20-19-35(3)4)22-30(32)34(40)27-16-10-7-11-17-27/h6-18,29-30,32H,19-23H2,1-5H3/t29-,30+,32+. The van der Waals surface area contributed by atoms with Crippen LogP contribution in [0.4, 0.5) is 0 Å². The van der Waals surface area contributed by atoms with Crippen molar-refractivity contribution in [2.24, 2.45) is 11.8 Å². The minimum Gasteiger partial charge on any atom is -0.343 e. The number of hydrogen-bond donors (Lipinski definition) is 0. The monoisotopic (exact) mass is 539 g/mol. The van der Waals surface area contributed by atoms with Gasteiger partial charge in [0.1, 0.15) is 0 Å². The van der Waals surface area contributed by atoms with E-state index in [9.17, 15) is 14.4 Å². The van der Waals surface area contributed by atoms with Gasteiger partial charge in [0.2, 0.25) is 5.91 Å². The van der Waals surface area contributed by atoms with Gasteiger partial charge in [-0.15, -0.1) is 0 Å². The zero-order valence-corrected chi connectivity index (χ0v) is 24.3. The summed E-state index contributed by atoms with van der Waals surface area (Å²) >= 11 is 0. The lowest BCUT2D eigenvalue weighted by atomic mass is 9.67. The number of likely N-dealkylation sites (tertiary alicyclic amines) is 1. The zero-order chi connectivity index (χ0) is 28.8. The molecule has 4 rings (SSSR count). The molecule has 1 saturated heterocycles. The van der Waals surface area contributed by atoms with Crippen molar-refractivity contribution in [2.45, 2.75) is 19.8 Å². The molecule has 6 heteroatoms. The molecule has 0 aromatic heterocycles. The Labute approximate surface area is 238 Å². The lowest BCUT2D eigenvalue weighted by molar-refractivity contribution is -0.131. The van der Waals surface area contributed by atoms with Gasteiger partial charge in [0.05, 0.1) is 6.54 Å². The van der Waals surface area contributed by atoms with E-state index in [1.54, 1.807) is 4.90 Å². The molecule has 0 spiro atoms. The SMILES string of the molecule is Cc1cccc([C@@H]2[C@@H](C(=O)c3ccccc3)CN(CC(=O)N(C)CCN(C)C)C[C@H]2C(=O)c2ccccc2)c1C. The lowest BCUT2D eigenvalue weighted by Gasteiger charge is -2.43. The summed E-state index contributed by atoms with van der Waals surface area (Å²) in [6.07, 6.45) is 0. The number of aryl methyl sites for hydroxylation is 1. The average molecular weight is 540 g/mol. The molecule has 3 atom stereocenters. The van der Waals surface area contributed by atoms with Crippen LogP contribution in [0, 0.1) is 25.7 Å². The van der Waals surface area contributed by atoms with Crippen LogP contribution in [-0.2, 0) is 4.79 Å². The van der Waals surface area contributed by atoms with Crippen molar-refractivity contribution in [3.05, 3.63) is 107 Å². The molecular formula is C34H41N3O3. The molecule has 0 bridgehead atoms. The molecule has 6 nitrogen and oxygen atoms in total. The third-order valence-corrected chi connectivity index (χ3v) is 8.24. The van der Waals surface area contributed by atoms with E-state index in [-0.39, 0.29) is 29.9 Å². The van der Waals surface area contributed by atoms with Crippen molar-refractivity contribution >= 4 is 17.5 Å². The number of ketones is 2. The second-order valence-corrected chi connectivity index (χ2v) is 11.3. The average Bonchev–Trinajstić information content (AvgIpc) is 2.97. The van der Waals surface area contributed by atoms with Crippen LogP contribution >= 0.6 is 0 Å². The van der Waals surface area contributed by atoms with Gasteiger partial charge in [0.15, 0.2) is 11.6 Å². The number of amides is 1. The molecule has 0 radical (unpaired) electrons. The van der Waals surface area contributed by atoms with E-state index in [0.29, 0.717) is 30.8 Å². The van der Waals surface area contributed by atoms with Gasteiger partial charge < -0.3 is 9.80 Å². The lowest BCUT2D eigenvalue weighted by Crippen LogP contribution is -2.53. The summed E-state index contributed by atoms with van der Waals surface area (Å²) in [5.41, 5.74) is 4.54. The van der Waals surface area contributed by atoms with E-state index in [0.717, 1.165) is 23.2 Å². The van der Waals surface area contributed by atoms with E-state index >= 15 is 0 Å². The van der Waals surface area contributed by atoms with E-state index in [4.69, 9.17) is 0 Å². The van der Waals surface area contributed by atoms with Crippen molar-refractivity contribution in [2.75, 3.05) is 53.9 Å². The molecule has 40 heavy (non-hydrogen) atoms. The molecule has 3 aromatic rings. The number of Topliss-reactive ketones (excluding diaryl/α,β-unsaturated/α-hetero) is 2. The summed E-state index contributed by atoms with van der Waals surface area (Å²) in [6, 6.07) is 24.8. The molecule has 1 heterocycles. The maximum absolute atomic E-state index is 14.2. The predicted octanol–water partition coefficient (Wildman–Crippen LogP) is 4.72. The number of carbonyl (C=O) groups excluding carboxylic acids is 3. The summed E-state index contributed by atoms with van der Waals surface area (Å²) in [7, 11) is 5.78. The van der Waals surface area contributed by atoms with Crippen LogP contribution in [0.3, 0.4) is 0 Å². The maximum Gasteiger partial charge on any atom is 0.236 e. The van der Waals surface area contributed by atoms with Gasteiger partial charge in [-0.2, -0.15) is 0 Å². The Hall–Kier alpha value is -3.61. The van der Waals surface area contributed by atoms with Gasteiger partial charge in [-0.05, 0) is 44.6 Å². The van der Waals surface area contributed by atoms with Crippen LogP contribution in [0.1, 0.15) is 43.3 Å². The van der Waals surface area contributed by atoms with Crippen LogP contribution in [0.5, 0.6) is 0 Å². The normalized spacial score (nSPS) is 19.4. The molecule has 1 aliphatic heterocycles. The minimum atomic E-state index is -0.478. The number of carbonyl (C=O) groups is 3. The van der Waals surface area contributed by atoms with Gasteiger partial charge in [0.25, 0.3) is 0 Å². The summed E-state index contributed by atoms with van der Waals surface area (Å²) in [5.74, 6) is -1.25. The van der Waals surface area contributed by atoms with Crippen molar-refractivity contribution in [3.63, 3.8) is 0 Å². The number of piperidine rings is 1. The Morgan fingerprint density at radius 2 is 1.25 bits per heavy atom. The number of likely N-dealkylation sites (N-methyl/N-ethyl adjacent to an activating group) is 2. The fourth-order valence-electron chi connectivity index (χ4n) is 5.75. The first-order chi connectivity index (χ1) is 19.2. The first-order valence-corrected chi connectivity index (χ1v) is 14.0. The fraction of sp³-hybridized carbons (Fsp3) is 0.382. The summed E-state index contributed by atoms with van der Waals surface area (Å²) in [6.45, 7) is 6.52. The van der Waals surface area contributed by atoms with E-state index in [1.165, 1.54) is 0 Å². The highest BCUT2D eigenvalue weighted by Gasteiger charge is 2.45. The van der Waals surface area contributed by atoms with Gasteiger partial charge in [-0.25, -0.2) is 0 Å². The van der Waals surface area contributed by atoms with Gasteiger partial charge in [-0.1, -0.05) is 78.9 Å². The topological polar surface area (TPSA) is 60.9 Å². The molecular weight excluding hydrogens is 498 g/mol. The highest BCUT2D eigenvalue weighted by atomic mass is 16.2. The number of nitrogens with zero attached hydrogens (tertiary/aromatic N) is 3. The molecule has 0 aliphatic carbocycles. The first-order valence-electron chi connectivity index (χ1n) is 14.0. The van der Waals surface area contributed by atoms with Crippen molar-refractivity contribution in [1.29, 1.82) is 0 Å². The molecule has 0 unspecified atom stereocenters. The molecule has 0 N–H and O–H groups in total. The van der Waals surface area contributed by atoms with Crippen LogP contribution < -0.4 is 0 Å². The minimum absolute atomic E-state index is 0.00970. The second-order valence-electron chi connectivity index (χ2n) is 11.3. The quantitative estimate of drug-likeness (QED) is 0.349. The molecule has 1 aliphatic rings. The van der Waals surface area contributed by atoms with Crippen molar-refractivity contribution in [3.8, 4) is 0 Å². The van der Waals surface area contributed by atoms with Crippen molar-refractivity contribution < 1.29 is 14.4 Å². The molecule has 210 valence electrons. The molecule has 1 fully saturated rings. The van der Waals surface area contributed by atoms with Crippen LogP contribution in [0.15, 0.2) is 78.9 Å². The Morgan fingerprint density at radius 3 is 1.75 bits per heavy atom. The molecule has 3 aromatic carbocycles. The Bertz CT molecular complexity index is 1260. The van der Waals surface area contributed by atoms with E-state index in [2.05, 4.69) is 26.0 Å². The predicted molar refractivity (Wildman–Crippen MR) is 160 cm³/mol. The second kappa shape index (κ2) is 13.2. The smallest absolute Gasteiger partial charge is 0.236 e. The first kappa shape index (κ1) is 29.4. The van der Waals surface area contributed by atoms with E-state index in [1.807, 2.05) is 97.7 Å². The summed E-state index contributed by atoms with van der Waals surface area (Å²) < 4.78 is 0. The highest BCUT2D eigenvalue weighted by molar-refractivity contribution is 6.02. The zero-order valence-electron chi connectivity index (χ0n) is 24.3. The summed E-state index contributed by atoms with van der Waals surface area (Å²) in [4.78, 5) is 47.4. The Balaban J connectivity index is 1.76. The Morgan fingerprint density at radius 1 is 0.725 bits per heavy atom. The number of benzene rings is 3. The highest BCUT2D eigenvalue weighted by Crippen LogP contribution is 2.42.